The number of piperidine rings is 1. The van der Waals surface area contributed by atoms with E-state index in [0.29, 0.717) is 10.8 Å². The minimum absolute atomic E-state index is 0.107. The highest BCUT2D eigenvalue weighted by Gasteiger charge is 2.28. The molecule has 1 aliphatic rings. The van der Waals surface area contributed by atoms with E-state index in [9.17, 15) is 4.79 Å². The summed E-state index contributed by atoms with van der Waals surface area (Å²) in [7, 11) is 0. The zero-order valence-electron chi connectivity index (χ0n) is 15.0. The molecule has 130 valence electrons. The molecule has 3 rings (SSSR count). The van der Waals surface area contributed by atoms with Crippen LogP contribution in [0.2, 0.25) is 0 Å². The maximum atomic E-state index is 12.9. The Hall–Kier alpha value is -1.29. The fourth-order valence-corrected chi connectivity index (χ4v) is 3.94. The Bertz CT molecular complexity index is 812. The molecule has 0 unspecified atom stereocenters. The van der Waals surface area contributed by atoms with E-state index in [1.807, 2.05) is 19.9 Å². The van der Waals surface area contributed by atoms with E-state index in [4.69, 9.17) is 4.42 Å². The van der Waals surface area contributed by atoms with Crippen LogP contribution < -0.4 is 10.3 Å². The summed E-state index contributed by atoms with van der Waals surface area (Å²) in [5.74, 6) is 0.766. The van der Waals surface area contributed by atoms with Gasteiger partial charge in [0.05, 0.1) is 10.9 Å². The molecular weight excluding hydrogens is 366 g/mol. The fourth-order valence-electron chi connectivity index (χ4n) is 3.51. The lowest BCUT2D eigenvalue weighted by Gasteiger charge is -2.37. The first-order valence-corrected chi connectivity index (χ1v) is 9.82. The molecule has 0 atom stereocenters. The molecule has 0 aliphatic carbocycles. The largest absolute Gasteiger partial charge is 0.440 e. The molecule has 1 aromatic carbocycles. The third-order valence-corrected chi connectivity index (χ3v) is 5.58. The minimum Gasteiger partial charge on any atom is -0.440 e. The predicted molar refractivity (Wildman–Crippen MR) is 105 cm³/mol. The number of rotatable bonds is 3. The van der Waals surface area contributed by atoms with E-state index in [0.717, 1.165) is 65.8 Å². The lowest BCUT2D eigenvalue weighted by Crippen LogP contribution is -2.38. The molecule has 2 heterocycles. The normalized spacial score (nSPS) is 17.5. The maximum absolute atomic E-state index is 12.9. The van der Waals surface area contributed by atoms with E-state index in [-0.39, 0.29) is 5.43 Å². The van der Waals surface area contributed by atoms with Gasteiger partial charge in [0.1, 0.15) is 5.58 Å². The van der Waals surface area contributed by atoms with Gasteiger partial charge in [-0.25, -0.2) is 0 Å². The molecule has 3 nitrogen and oxygen atoms in total. The van der Waals surface area contributed by atoms with Crippen molar-refractivity contribution in [2.75, 3.05) is 23.3 Å². The van der Waals surface area contributed by atoms with Gasteiger partial charge in [0, 0.05) is 18.4 Å². The third-order valence-electron chi connectivity index (χ3n) is 5.18. The molecule has 2 aromatic rings. The van der Waals surface area contributed by atoms with Crippen LogP contribution in [-0.4, -0.2) is 18.4 Å². The summed E-state index contributed by atoms with van der Waals surface area (Å²) < 4.78 is 6.32. The van der Waals surface area contributed by atoms with Crippen molar-refractivity contribution in [1.29, 1.82) is 0 Å². The van der Waals surface area contributed by atoms with Crippen molar-refractivity contribution in [2.24, 2.45) is 5.41 Å². The highest BCUT2D eigenvalue weighted by molar-refractivity contribution is 9.09. The Balaban J connectivity index is 2.13. The molecule has 1 saturated heterocycles. The van der Waals surface area contributed by atoms with Crippen LogP contribution in [0.3, 0.4) is 0 Å². The number of nitrogens with zero attached hydrogens (tertiary/aromatic N) is 1. The smallest absolute Gasteiger partial charge is 0.202 e. The summed E-state index contributed by atoms with van der Waals surface area (Å²) in [5, 5.41) is 1.57. The molecule has 1 aromatic heterocycles. The van der Waals surface area contributed by atoms with Gasteiger partial charge < -0.3 is 9.32 Å². The Kier molecular flexibility index (Phi) is 4.78. The van der Waals surface area contributed by atoms with Crippen molar-refractivity contribution >= 4 is 32.8 Å². The first-order valence-electron chi connectivity index (χ1n) is 8.70. The van der Waals surface area contributed by atoms with Crippen molar-refractivity contribution < 1.29 is 4.42 Å². The molecule has 0 amide bonds. The summed E-state index contributed by atoms with van der Waals surface area (Å²) in [4.78, 5) is 15.2. The lowest BCUT2D eigenvalue weighted by molar-refractivity contribution is 0.274. The Morgan fingerprint density at radius 1 is 1.21 bits per heavy atom. The number of aryl methyl sites for hydroxylation is 2. The zero-order chi connectivity index (χ0) is 17.5. The maximum Gasteiger partial charge on any atom is 0.202 e. The van der Waals surface area contributed by atoms with E-state index in [2.05, 4.69) is 40.7 Å². The second-order valence-corrected chi connectivity index (χ2v) is 8.55. The summed E-state index contributed by atoms with van der Waals surface area (Å²) in [6.07, 6.45) is 3.10. The monoisotopic (exact) mass is 391 g/mol. The Morgan fingerprint density at radius 3 is 2.50 bits per heavy atom. The zero-order valence-corrected chi connectivity index (χ0v) is 16.6. The Morgan fingerprint density at radius 2 is 1.88 bits per heavy atom. The van der Waals surface area contributed by atoms with Crippen LogP contribution in [0.15, 0.2) is 21.3 Å². The molecule has 1 aliphatic heterocycles. The van der Waals surface area contributed by atoms with Gasteiger partial charge >= 0.3 is 0 Å². The average molecular weight is 392 g/mol. The lowest BCUT2D eigenvalue weighted by atomic mass is 9.82. The summed E-state index contributed by atoms with van der Waals surface area (Å²) in [6, 6.07) is 4.08. The Labute approximate surface area is 152 Å². The SMILES string of the molecule is Cc1cc(CCBr)c2oc(N3CCC(C)(C)CC3)c(C)c(=O)c2c1. The molecule has 0 spiro atoms. The molecule has 1 fully saturated rings. The summed E-state index contributed by atoms with van der Waals surface area (Å²) in [5.41, 5.74) is 4.19. The quantitative estimate of drug-likeness (QED) is 0.692. The van der Waals surface area contributed by atoms with Gasteiger partial charge in [0.2, 0.25) is 5.88 Å². The van der Waals surface area contributed by atoms with Crippen LogP contribution in [0, 0.1) is 19.3 Å². The highest BCUT2D eigenvalue weighted by Crippen LogP contribution is 2.34. The highest BCUT2D eigenvalue weighted by atomic mass is 79.9. The molecule has 0 radical (unpaired) electrons. The third kappa shape index (κ3) is 3.26. The number of hydrogen-bond acceptors (Lipinski definition) is 3. The van der Waals surface area contributed by atoms with Crippen molar-refractivity contribution in [3.63, 3.8) is 0 Å². The van der Waals surface area contributed by atoms with Crippen LogP contribution >= 0.6 is 15.9 Å². The van der Waals surface area contributed by atoms with Crippen LogP contribution in [0.25, 0.3) is 11.0 Å². The van der Waals surface area contributed by atoms with Crippen LogP contribution in [0.5, 0.6) is 0 Å². The van der Waals surface area contributed by atoms with Crippen LogP contribution in [0.1, 0.15) is 43.4 Å². The standard InChI is InChI=1S/C20H26BrNO2/c1-13-11-15(5-8-21)18-16(12-13)17(23)14(2)19(24-18)22-9-6-20(3,4)7-10-22/h11-12H,5-10H2,1-4H3. The number of benzene rings is 1. The molecule has 0 bridgehead atoms. The predicted octanol–water partition coefficient (Wildman–Crippen LogP) is 4.97. The number of anilines is 1. The van der Waals surface area contributed by atoms with Gasteiger partial charge in [0.25, 0.3) is 0 Å². The summed E-state index contributed by atoms with van der Waals surface area (Å²) in [6.45, 7) is 10.4. The first kappa shape index (κ1) is 17.5. The molecule has 0 N–H and O–H groups in total. The van der Waals surface area contributed by atoms with Gasteiger partial charge in [-0.15, -0.1) is 0 Å². The van der Waals surface area contributed by atoms with Crippen molar-refractivity contribution in [2.45, 2.75) is 47.0 Å². The van der Waals surface area contributed by atoms with Crippen molar-refractivity contribution in [3.8, 4) is 0 Å². The number of alkyl halides is 1. The number of halogens is 1. The first-order chi connectivity index (χ1) is 11.3. The second-order valence-electron chi connectivity index (χ2n) is 7.75. The van der Waals surface area contributed by atoms with E-state index >= 15 is 0 Å². The topological polar surface area (TPSA) is 33.5 Å². The summed E-state index contributed by atoms with van der Waals surface area (Å²) >= 11 is 3.51. The van der Waals surface area contributed by atoms with Gasteiger partial charge in [-0.05, 0) is 55.7 Å². The minimum atomic E-state index is 0.107. The van der Waals surface area contributed by atoms with Crippen molar-refractivity contribution in [3.05, 3.63) is 39.0 Å². The molecule has 24 heavy (non-hydrogen) atoms. The van der Waals surface area contributed by atoms with Gasteiger partial charge in [-0.1, -0.05) is 35.8 Å². The van der Waals surface area contributed by atoms with Crippen molar-refractivity contribution in [1.82, 2.24) is 0 Å². The molecule has 0 saturated carbocycles. The van der Waals surface area contributed by atoms with Gasteiger partial charge in [0.15, 0.2) is 5.43 Å². The van der Waals surface area contributed by atoms with Crippen LogP contribution in [0.4, 0.5) is 5.88 Å². The van der Waals surface area contributed by atoms with Crippen LogP contribution in [-0.2, 0) is 6.42 Å². The number of hydrogen-bond donors (Lipinski definition) is 0. The second kappa shape index (κ2) is 6.55. The van der Waals surface area contributed by atoms with Gasteiger partial charge in [-0.3, -0.25) is 4.79 Å². The molecular formula is C20H26BrNO2. The van der Waals surface area contributed by atoms with E-state index in [1.54, 1.807) is 0 Å². The van der Waals surface area contributed by atoms with Gasteiger partial charge in [-0.2, -0.15) is 0 Å². The molecule has 4 heteroatoms. The van der Waals surface area contributed by atoms with E-state index in [1.165, 1.54) is 0 Å². The average Bonchev–Trinajstić information content (AvgIpc) is 2.52. The van der Waals surface area contributed by atoms with E-state index < -0.39 is 0 Å². The number of fused-ring (bicyclic) bond motifs is 1. The fraction of sp³-hybridized carbons (Fsp3) is 0.550.